The van der Waals surface area contributed by atoms with Gasteiger partial charge in [0.2, 0.25) is 0 Å². The number of rotatable bonds is 4. The van der Waals surface area contributed by atoms with Gasteiger partial charge in [-0.2, -0.15) is 0 Å². The number of pyridine rings is 1. The lowest BCUT2D eigenvalue weighted by Crippen LogP contribution is -2.05. The molecule has 0 saturated heterocycles. The molecule has 0 spiro atoms. The van der Waals surface area contributed by atoms with Crippen LogP contribution in [0.15, 0.2) is 60.1 Å². The van der Waals surface area contributed by atoms with E-state index in [0.29, 0.717) is 0 Å². The smallest absolute Gasteiger partial charge is 0.183 e. The van der Waals surface area contributed by atoms with Crippen molar-refractivity contribution in [2.75, 3.05) is 5.32 Å². The molecule has 108 valence electrons. The molecule has 1 unspecified atom stereocenters. The Morgan fingerprint density at radius 2 is 1.76 bits per heavy atom. The molecular formula is C16H16BrN3S. The van der Waals surface area contributed by atoms with Crippen LogP contribution in [0.3, 0.4) is 0 Å². The average molecular weight is 362 g/mol. The minimum atomic E-state index is 0. The molecule has 0 aliphatic heterocycles. The van der Waals surface area contributed by atoms with Crippen LogP contribution in [0.2, 0.25) is 0 Å². The number of halogens is 1. The van der Waals surface area contributed by atoms with Crippen LogP contribution in [-0.2, 0) is 0 Å². The van der Waals surface area contributed by atoms with Gasteiger partial charge < -0.3 is 5.32 Å². The molecule has 0 fully saturated rings. The normalized spacial score (nSPS) is 11.5. The van der Waals surface area contributed by atoms with E-state index < -0.39 is 0 Å². The number of thiazole rings is 1. The summed E-state index contributed by atoms with van der Waals surface area (Å²) in [6.45, 7) is 2.14. The van der Waals surface area contributed by atoms with Crippen molar-refractivity contribution in [3.05, 3.63) is 65.7 Å². The van der Waals surface area contributed by atoms with Gasteiger partial charge in [-0.3, -0.25) is 4.98 Å². The largest absolute Gasteiger partial charge is 0.355 e. The van der Waals surface area contributed by atoms with E-state index in [0.717, 1.165) is 16.5 Å². The Morgan fingerprint density at radius 3 is 2.48 bits per heavy atom. The lowest BCUT2D eigenvalue weighted by Gasteiger charge is -2.12. The van der Waals surface area contributed by atoms with Gasteiger partial charge in [-0.05, 0) is 24.6 Å². The van der Waals surface area contributed by atoms with Crippen molar-refractivity contribution in [2.24, 2.45) is 0 Å². The summed E-state index contributed by atoms with van der Waals surface area (Å²) in [5, 5.41) is 6.38. The zero-order valence-corrected chi connectivity index (χ0v) is 14.1. The van der Waals surface area contributed by atoms with E-state index >= 15 is 0 Å². The van der Waals surface area contributed by atoms with Crippen LogP contribution in [-0.4, -0.2) is 9.97 Å². The zero-order chi connectivity index (χ0) is 13.8. The van der Waals surface area contributed by atoms with Crippen molar-refractivity contribution >= 4 is 33.4 Å². The average Bonchev–Trinajstić information content (AvgIpc) is 2.97. The molecule has 0 saturated carbocycles. The molecule has 0 radical (unpaired) electrons. The van der Waals surface area contributed by atoms with Gasteiger partial charge in [-0.15, -0.1) is 28.3 Å². The first-order chi connectivity index (χ1) is 9.83. The molecule has 0 amide bonds. The monoisotopic (exact) mass is 361 g/mol. The zero-order valence-electron chi connectivity index (χ0n) is 11.6. The molecule has 1 aromatic carbocycles. The summed E-state index contributed by atoms with van der Waals surface area (Å²) >= 11 is 1.61. The molecule has 5 heteroatoms. The van der Waals surface area contributed by atoms with E-state index in [1.54, 1.807) is 17.5 Å². The van der Waals surface area contributed by atoms with Gasteiger partial charge >= 0.3 is 0 Å². The Hall–Kier alpha value is -1.72. The second-order valence-corrected chi connectivity index (χ2v) is 5.39. The first-order valence-corrected chi connectivity index (χ1v) is 7.39. The fourth-order valence-corrected chi connectivity index (χ4v) is 2.77. The van der Waals surface area contributed by atoms with E-state index in [-0.39, 0.29) is 23.0 Å². The predicted molar refractivity (Wildman–Crippen MR) is 94.1 cm³/mol. The van der Waals surface area contributed by atoms with E-state index in [4.69, 9.17) is 0 Å². The summed E-state index contributed by atoms with van der Waals surface area (Å²) in [6.07, 6.45) is 1.79. The van der Waals surface area contributed by atoms with E-state index in [2.05, 4.69) is 46.5 Å². The van der Waals surface area contributed by atoms with Gasteiger partial charge in [0.25, 0.3) is 0 Å². The van der Waals surface area contributed by atoms with E-state index in [1.807, 2.05) is 29.6 Å². The van der Waals surface area contributed by atoms with Crippen molar-refractivity contribution in [3.8, 4) is 11.4 Å². The Balaban J connectivity index is 0.00000161. The molecule has 0 aliphatic rings. The third-order valence-electron chi connectivity index (χ3n) is 3.07. The Bertz CT molecular complexity index is 670. The van der Waals surface area contributed by atoms with Gasteiger partial charge in [0.1, 0.15) is 5.69 Å². The van der Waals surface area contributed by atoms with Crippen molar-refractivity contribution in [1.82, 2.24) is 9.97 Å². The summed E-state index contributed by atoms with van der Waals surface area (Å²) in [5.41, 5.74) is 3.07. The number of hydrogen-bond donors (Lipinski definition) is 1. The number of benzene rings is 1. The maximum atomic E-state index is 4.59. The Morgan fingerprint density at radius 1 is 1.00 bits per heavy atom. The first-order valence-electron chi connectivity index (χ1n) is 6.51. The minimum Gasteiger partial charge on any atom is -0.355 e. The quantitative estimate of drug-likeness (QED) is 0.713. The number of nitrogens with zero attached hydrogens (tertiary/aromatic N) is 2. The second-order valence-electron chi connectivity index (χ2n) is 4.53. The van der Waals surface area contributed by atoms with Gasteiger partial charge in [0, 0.05) is 11.6 Å². The molecule has 0 aliphatic carbocycles. The summed E-state index contributed by atoms with van der Waals surface area (Å²) in [5.74, 6) is 0. The Kier molecular flexibility index (Phi) is 5.47. The molecule has 2 heterocycles. The van der Waals surface area contributed by atoms with Crippen LogP contribution >= 0.6 is 28.3 Å². The number of nitrogens with one attached hydrogen (secondary N) is 1. The van der Waals surface area contributed by atoms with Crippen LogP contribution in [0, 0.1) is 0 Å². The molecule has 3 rings (SSSR count). The van der Waals surface area contributed by atoms with Crippen LogP contribution in [0.25, 0.3) is 11.4 Å². The fourth-order valence-electron chi connectivity index (χ4n) is 1.98. The highest BCUT2D eigenvalue weighted by Gasteiger charge is 2.09. The molecule has 3 nitrogen and oxygen atoms in total. The van der Waals surface area contributed by atoms with Crippen LogP contribution < -0.4 is 5.32 Å². The second kappa shape index (κ2) is 7.33. The molecule has 1 N–H and O–H groups in total. The van der Waals surface area contributed by atoms with E-state index in [1.165, 1.54) is 5.56 Å². The maximum absolute atomic E-state index is 4.59. The molecular weight excluding hydrogens is 346 g/mol. The van der Waals surface area contributed by atoms with Crippen LogP contribution in [0.5, 0.6) is 0 Å². The molecule has 21 heavy (non-hydrogen) atoms. The molecule has 3 aromatic rings. The summed E-state index contributed by atoms with van der Waals surface area (Å²) < 4.78 is 0. The highest BCUT2D eigenvalue weighted by Crippen LogP contribution is 2.26. The lowest BCUT2D eigenvalue weighted by molar-refractivity contribution is 0.882. The summed E-state index contributed by atoms with van der Waals surface area (Å²) in [4.78, 5) is 8.91. The van der Waals surface area contributed by atoms with Crippen molar-refractivity contribution in [3.63, 3.8) is 0 Å². The standard InChI is InChI=1S/C16H15N3S.BrH/c1-12(13-7-3-2-4-8-13)18-16-19-15(11-20-16)14-9-5-6-10-17-14;/h2-12H,1H3,(H,18,19);1H. The lowest BCUT2D eigenvalue weighted by atomic mass is 10.1. The summed E-state index contributed by atoms with van der Waals surface area (Å²) in [6, 6.07) is 16.4. The van der Waals surface area contributed by atoms with Crippen molar-refractivity contribution < 1.29 is 0 Å². The van der Waals surface area contributed by atoms with Gasteiger partial charge in [0.15, 0.2) is 5.13 Å². The van der Waals surface area contributed by atoms with Crippen molar-refractivity contribution in [2.45, 2.75) is 13.0 Å². The first kappa shape index (κ1) is 15.7. The van der Waals surface area contributed by atoms with Gasteiger partial charge in [0.05, 0.1) is 11.7 Å². The number of aromatic nitrogens is 2. The van der Waals surface area contributed by atoms with Gasteiger partial charge in [-0.1, -0.05) is 36.4 Å². The Labute approximate surface area is 138 Å². The highest BCUT2D eigenvalue weighted by atomic mass is 79.9. The van der Waals surface area contributed by atoms with Crippen LogP contribution in [0.1, 0.15) is 18.5 Å². The van der Waals surface area contributed by atoms with Crippen LogP contribution in [0.4, 0.5) is 5.13 Å². The summed E-state index contributed by atoms with van der Waals surface area (Å²) in [7, 11) is 0. The fraction of sp³-hybridized carbons (Fsp3) is 0.125. The minimum absolute atomic E-state index is 0. The predicted octanol–water partition coefficient (Wildman–Crippen LogP) is 4.96. The third-order valence-corrected chi connectivity index (χ3v) is 3.84. The molecule has 2 aromatic heterocycles. The third kappa shape index (κ3) is 3.89. The maximum Gasteiger partial charge on any atom is 0.183 e. The van der Waals surface area contributed by atoms with Gasteiger partial charge in [-0.25, -0.2) is 4.98 Å². The molecule has 1 atom stereocenters. The molecule has 0 bridgehead atoms. The highest BCUT2D eigenvalue weighted by molar-refractivity contribution is 8.93. The number of anilines is 1. The number of hydrogen-bond acceptors (Lipinski definition) is 4. The van der Waals surface area contributed by atoms with E-state index in [9.17, 15) is 0 Å². The van der Waals surface area contributed by atoms with Crippen molar-refractivity contribution in [1.29, 1.82) is 0 Å². The topological polar surface area (TPSA) is 37.8 Å². The SMILES string of the molecule is Br.CC(Nc1nc(-c2ccccn2)cs1)c1ccccc1.